The van der Waals surface area contributed by atoms with E-state index in [4.69, 9.17) is 59.8 Å². The second kappa shape index (κ2) is 35.6. The third-order valence-electron chi connectivity index (χ3n) is 27.7. The maximum Gasteiger partial charge on any atom is 0.239 e. The smallest absolute Gasteiger partial charge is 0.239 e. The highest BCUT2D eigenvalue weighted by Crippen LogP contribution is 2.51. The summed E-state index contributed by atoms with van der Waals surface area (Å²) in [6.07, 6.45) is 0. The Hall–Kier alpha value is -19.0. The Kier molecular flexibility index (Phi) is 20.6. The van der Waals surface area contributed by atoms with Crippen molar-refractivity contribution in [1.82, 2.24) is 78.1 Å². The van der Waals surface area contributed by atoms with Gasteiger partial charge in [-0.15, -0.1) is 45.3 Å². The molecule has 18 aromatic carbocycles. The van der Waals surface area contributed by atoms with E-state index < -0.39 is 0 Å². The van der Waals surface area contributed by atoms with Crippen LogP contribution in [0.5, 0.6) is 0 Å². The molecular weight excluding hydrogens is 1890 g/mol. The number of hydrogen-bond acceptors (Lipinski definition) is 16. The summed E-state index contributed by atoms with van der Waals surface area (Å²) < 4.78 is 14.2. The Morgan fingerprint density at radius 2 is 0.324 bits per heavy atom. The molecule has 0 amide bonds. The zero-order valence-corrected chi connectivity index (χ0v) is 81.9. The number of fused-ring (bicyclic) bond motifs is 20. The van der Waals surface area contributed by atoms with Crippen LogP contribution in [0.25, 0.3) is 284 Å². The van der Waals surface area contributed by atoms with Crippen LogP contribution in [-0.2, 0) is 0 Å². The number of aromatic nitrogens is 16. The Balaban J connectivity index is 0.000000141. The molecule has 0 aliphatic carbocycles. The van der Waals surface area contributed by atoms with Crippen LogP contribution in [0.15, 0.2) is 461 Å². The molecule has 0 bridgehead atoms. The van der Waals surface area contributed by atoms with Gasteiger partial charge in [0.15, 0.2) is 58.2 Å². The zero-order valence-electron chi connectivity index (χ0n) is 78.7. The van der Waals surface area contributed by atoms with Gasteiger partial charge in [0.05, 0.1) is 22.1 Å². The first kappa shape index (κ1) is 85.8. The predicted octanol–water partition coefficient (Wildman–Crippen LogP) is 33.4. The van der Waals surface area contributed by atoms with Gasteiger partial charge in [0.2, 0.25) is 11.9 Å². The van der Waals surface area contributed by atoms with Crippen LogP contribution in [0, 0.1) is 0 Å². The molecule has 0 N–H and O–H groups in total. The maximum atomic E-state index is 5.21. The summed E-state index contributed by atoms with van der Waals surface area (Å²) in [5.74, 6) is 7.43. The minimum absolute atomic E-state index is 0.579. The lowest BCUT2D eigenvalue weighted by Crippen LogP contribution is -2.06. The highest BCUT2D eigenvalue weighted by Gasteiger charge is 2.29. The molecular formula is C128H76N16S4. The van der Waals surface area contributed by atoms with E-state index in [2.05, 4.69) is 285 Å². The Labute approximate surface area is 861 Å². The first-order valence-corrected chi connectivity index (χ1v) is 52.1. The van der Waals surface area contributed by atoms with Crippen molar-refractivity contribution < 1.29 is 0 Å². The number of nitrogens with zero attached hydrogens (tertiary/aromatic N) is 16. The summed E-state index contributed by atoms with van der Waals surface area (Å²) in [4.78, 5) is 65.8. The molecule has 16 nitrogen and oxygen atoms in total. The van der Waals surface area contributed by atoms with E-state index >= 15 is 0 Å². The van der Waals surface area contributed by atoms with Gasteiger partial charge in [0, 0.05) is 150 Å². The van der Waals surface area contributed by atoms with Crippen LogP contribution in [0.3, 0.4) is 0 Å². The number of benzene rings is 18. The van der Waals surface area contributed by atoms with Crippen molar-refractivity contribution in [2.24, 2.45) is 0 Å². The van der Waals surface area contributed by atoms with Crippen molar-refractivity contribution in [3.63, 3.8) is 0 Å². The first-order chi connectivity index (χ1) is 73.3. The fourth-order valence-electron chi connectivity index (χ4n) is 20.8. The largest absolute Gasteiger partial charge is 0.301 e. The second-order valence-corrected chi connectivity index (χ2v) is 40.7. The molecule has 0 spiro atoms. The molecule has 0 radical (unpaired) electrons. The highest BCUT2D eigenvalue weighted by molar-refractivity contribution is 7.27. The first-order valence-electron chi connectivity index (χ1n) is 48.9. The summed E-state index contributed by atoms with van der Waals surface area (Å²) in [7, 11) is 0. The van der Waals surface area contributed by atoms with Crippen LogP contribution < -0.4 is 0 Å². The molecule has 0 aliphatic rings. The monoisotopic (exact) mass is 1960 g/mol. The molecule has 30 rings (SSSR count). The van der Waals surface area contributed by atoms with Crippen LogP contribution in [0.4, 0.5) is 0 Å². The van der Waals surface area contributed by atoms with E-state index in [1.807, 2.05) is 217 Å². The quantitative estimate of drug-likeness (QED) is 0.0897. The van der Waals surface area contributed by atoms with Gasteiger partial charge in [-0.05, 0) is 119 Å². The topological polar surface area (TPSA) is 174 Å². The van der Waals surface area contributed by atoms with Gasteiger partial charge < -0.3 is 9.13 Å². The lowest BCUT2D eigenvalue weighted by atomic mass is 10.00. The van der Waals surface area contributed by atoms with E-state index in [0.717, 1.165) is 132 Å². The predicted molar refractivity (Wildman–Crippen MR) is 611 cm³/mol. The van der Waals surface area contributed by atoms with Gasteiger partial charge in [-0.3, -0.25) is 9.13 Å². The molecule has 0 unspecified atom stereocenters. The van der Waals surface area contributed by atoms with Crippen LogP contribution in [0.2, 0.25) is 0 Å². The molecule has 148 heavy (non-hydrogen) atoms. The highest BCUT2D eigenvalue weighted by atomic mass is 32.1. The summed E-state index contributed by atoms with van der Waals surface area (Å²) in [6.45, 7) is 0. The molecule has 0 atom stereocenters. The lowest BCUT2D eigenvalue weighted by molar-refractivity contribution is 0.957. The lowest BCUT2D eigenvalue weighted by Gasteiger charge is -2.12. The minimum Gasteiger partial charge on any atom is -0.301 e. The third-order valence-corrected chi connectivity index (χ3v) is 32.3. The molecule has 20 heteroatoms. The average molecular weight is 1970 g/mol. The normalized spacial score (nSPS) is 11.8. The fraction of sp³-hybridized carbons (Fsp3) is 0. The molecule has 0 saturated carbocycles. The number of thiophene rings is 4. The van der Waals surface area contributed by atoms with Gasteiger partial charge in [-0.25, -0.2) is 39.9 Å². The molecule has 0 saturated heterocycles. The minimum atomic E-state index is 0.579. The molecule has 692 valence electrons. The van der Waals surface area contributed by atoms with Gasteiger partial charge in [0.1, 0.15) is 19.3 Å². The van der Waals surface area contributed by atoms with Crippen molar-refractivity contribution >= 4 is 170 Å². The van der Waals surface area contributed by atoms with Crippen molar-refractivity contribution in [1.29, 1.82) is 0 Å². The van der Waals surface area contributed by atoms with Gasteiger partial charge in [-0.2, -0.15) is 19.9 Å². The third kappa shape index (κ3) is 14.8. The van der Waals surface area contributed by atoms with Crippen molar-refractivity contribution in [3.8, 4) is 159 Å². The molecule has 0 aliphatic heterocycles. The maximum absolute atomic E-state index is 5.21. The summed E-state index contributed by atoms with van der Waals surface area (Å²) in [5.41, 5.74) is 20.2. The summed E-state index contributed by atoms with van der Waals surface area (Å²) in [6, 6.07) is 161. The second-order valence-electron chi connectivity index (χ2n) is 36.6. The molecule has 12 aromatic heterocycles. The van der Waals surface area contributed by atoms with Crippen molar-refractivity contribution in [2.75, 3.05) is 0 Å². The van der Waals surface area contributed by atoms with E-state index in [1.165, 1.54) is 82.3 Å². The van der Waals surface area contributed by atoms with Gasteiger partial charge in [0.25, 0.3) is 0 Å². The fourth-order valence-corrected chi connectivity index (χ4v) is 25.8. The molecule has 12 heterocycles. The van der Waals surface area contributed by atoms with E-state index in [9.17, 15) is 0 Å². The van der Waals surface area contributed by atoms with Crippen molar-refractivity contribution in [3.05, 3.63) is 461 Å². The van der Waals surface area contributed by atoms with E-state index in [0.29, 0.717) is 70.1 Å². The molecule has 0 fully saturated rings. The van der Waals surface area contributed by atoms with Crippen LogP contribution >= 0.6 is 45.3 Å². The Morgan fingerprint density at radius 1 is 0.135 bits per heavy atom. The van der Waals surface area contributed by atoms with Gasteiger partial charge in [-0.1, -0.05) is 364 Å². The Morgan fingerprint density at radius 3 is 0.561 bits per heavy atom. The molecule has 30 aromatic rings. The average Bonchev–Trinajstić information content (AvgIpc) is 1.58. The Bertz CT molecular complexity index is 9680. The van der Waals surface area contributed by atoms with E-state index in [-0.39, 0.29) is 0 Å². The van der Waals surface area contributed by atoms with Crippen LogP contribution in [-0.4, -0.2) is 78.1 Å². The standard InChI is InChI=1S/C70H42N8S2.C58H34N8S2/c1-5-19-43(20-6-1)63-71-64(44-21-7-2-8-22-44)74-67(73-63)49-27-17-29-51(39-49)77-57-37-35-47(41-55(57)61-53-31-13-15-33-59(53)79-69(61)77)48-36-38-58-56(42-48)62-54-32-14-16-34-60(54)80-70(62)78(58)52-30-18-28-50(40-52)68-75-65(45-23-9-3-10-24-45)72-66(76-68)46-25-11-4-12-26-46;1-5-17-35(18-6-1)51-59-52(36-19-7-2-8-20-36)62-57(61-51)65-45-31-29-39(33-43(45)49-41-25-13-15-27-47(41)67-55(49)65)40-30-32-46-44(34-40)50-42-26-14-16-28-48(42)68-56(50)66(46)58-63-53(37-21-9-3-10-22-37)60-54(64-58)38-23-11-4-12-24-38/h1-42H;1-34H. The SMILES string of the molecule is c1ccc(-c2nc(-c3ccccc3)nc(-c3cccc(-n4c5ccc(-c6ccc7c(c6)c6c8ccccc8sc6n7-c6cccc(-c7nc(-c8ccccc8)nc(-c8ccccc8)n7)c6)cc5c5c6ccccc6sc54)c3)n2)cc1.c1ccc(-c2nc(-c3ccccc3)nc(-n3c4ccc(-c5ccc6c(c5)c5c7ccccc7sc5n6-c5nc(-c6ccccc6)nc(-c6ccccc6)n5)cc4c4c5ccccc5sc43)n2)cc1. The van der Waals surface area contributed by atoms with E-state index in [1.54, 1.807) is 22.7 Å². The number of rotatable bonds is 16. The van der Waals surface area contributed by atoms with Gasteiger partial charge >= 0.3 is 0 Å². The van der Waals surface area contributed by atoms with Crippen LogP contribution in [0.1, 0.15) is 0 Å². The zero-order chi connectivity index (χ0) is 97.4. The number of hydrogen-bond donors (Lipinski definition) is 0. The summed E-state index contributed by atoms with van der Waals surface area (Å²) >= 11 is 7.18. The van der Waals surface area contributed by atoms with Crippen molar-refractivity contribution in [2.45, 2.75) is 0 Å². The summed E-state index contributed by atoms with van der Waals surface area (Å²) in [5, 5.41) is 14.4.